The lowest BCUT2D eigenvalue weighted by molar-refractivity contribution is -0.118. The number of aryl methyl sites for hydroxylation is 1. The summed E-state index contributed by atoms with van der Waals surface area (Å²) < 4.78 is 10.9. The fourth-order valence-electron chi connectivity index (χ4n) is 2.35. The van der Waals surface area contributed by atoms with E-state index in [0.29, 0.717) is 16.9 Å². The summed E-state index contributed by atoms with van der Waals surface area (Å²) in [6.45, 7) is 3.38. The van der Waals surface area contributed by atoms with Gasteiger partial charge < -0.3 is 9.15 Å². The zero-order valence-electron chi connectivity index (χ0n) is 13.0. The van der Waals surface area contributed by atoms with Crippen molar-refractivity contribution in [2.75, 3.05) is 6.61 Å². The van der Waals surface area contributed by atoms with E-state index in [1.807, 2.05) is 37.3 Å². The van der Waals surface area contributed by atoms with Crippen molar-refractivity contribution in [3.8, 4) is 16.9 Å². The van der Waals surface area contributed by atoms with Crippen LogP contribution in [0.15, 0.2) is 57.7 Å². The van der Waals surface area contributed by atoms with Crippen LogP contribution in [0.1, 0.15) is 12.5 Å². The molecule has 0 fully saturated rings. The van der Waals surface area contributed by atoms with Gasteiger partial charge in [0, 0.05) is 5.39 Å². The molecule has 0 saturated carbocycles. The molecule has 4 nitrogen and oxygen atoms in total. The summed E-state index contributed by atoms with van der Waals surface area (Å²) in [6.07, 6.45) is 0. The summed E-state index contributed by atoms with van der Waals surface area (Å²) in [6, 6.07) is 14.8. The summed E-state index contributed by atoms with van der Waals surface area (Å²) in [5.74, 6) is 0.297. The van der Waals surface area contributed by atoms with Crippen molar-refractivity contribution >= 4 is 16.8 Å². The first-order valence-corrected chi connectivity index (χ1v) is 7.31. The van der Waals surface area contributed by atoms with Gasteiger partial charge in [-0.25, -0.2) is 4.79 Å². The van der Waals surface area contributed by atoms with Crippen LogP contribution in [0.25, 0.3) is 22.1 Å². The summed E-state index contributed by atoms with van der Waals surface area (Å²) in [4.78, 5) is 23.4. The van der Waals surface area contributed by atoms with Gasteiger partial charge in [0.2, 0.25) is 0 Å². The van der Waals surface area contributed by atoms with Crippen molar-refractivity contribution in [3.05, 3.63) is 64.5 Å². The van der Waals surface area contributed by atoms with Crippen LogP contribution in [0.3, 0.4) is 0 Å². The molecule has 3 rings (SSSR count). The van der Waals surface area contributed by atoms with Gasteiger partial charge in [-0.15, -0.1) is 0 Å². The number of Topliss-reactive ketones (excluding diaryl/α,β-unsaturated/α-hetero) is 1. The molecule has 0 aliphatic carbocycles. The molecule has 0 aliphatic rings. The second-order valence-electron chi connectivity index (χ2n) is 5.48. The summed E-state index contributed by atoms with van der Waals surface area (Å²) in [5.41, 5.74) is 2.36. The monoisotopic (exact) mass is 308 g/mol. The second kappa shape index (κ2) is 6.08. The van der Waals surface area contributed by atoms with E-state index < -0.39 is 5.63 Å². The standard InChI is InChI=1S/C19H16O4/c1-12-6-8-14(9-7-12)16-10-15-4-3-5-17(22-11-13(2)20)18(15)23-19(16)21/h3-10H,11H2,1-2H3. The van der Waals surface area contributed by atoms with Gasteiger partial charge in [0.15, 0.2) is 17.1 Å². The Morgan fingerprint density at radius 3 is 2.57 bits per heavy atom. The van der Waals surface area contributed by atoms with Crippen molar-refractivity contribution in [2.45, 2.75) is 13.8 Å². The second-order valence-corrected chi connectivity index (χ2v) is 5.48. The average molecular weight is 308 g/mol. The summed E-state index contributed by atoms with van der Waals surface area (Å²) in [5, 5.41) is 0.751. The van der Waals surface area contributed by atoms with Crippen molar-refractivity contribution < 1.29 is 13.9 Å². The predicted molar refractivity (Wildman–Crippen MR) is 88.8 cm³/mol. The molecular formula is C19H16O4. The van der Waals surface area contributed by atoms with Gasteiger partial charge >= 0.3 is 5.63 Å². The van der Waals surface area contributed by atoms with Gasteiger partial charge in [-0.05, 0) is 31.5 Å². The zero-order valence-corrected chi connectivity index (χ0v) is 13.0. The number of para-hydroxylation sites is 1. The van der Waals surface area contributed by atoms with Crippen molar-refractivity contribution in [1.29, 1.82) is 0 Å². The number of fused-ring (bicyclic) bond motifs is 1. The molecule has 2 aromatic carbocycles. The molecule has 1 heterocycles. The van der Waals surface area contributed by atoms with Crippen LogP contribution in [0.2, 0.25) is 0 Å². The number of carbonyl (C=O) groups excluding carboxylic acids is 1. The number of benzene rings is 2. The highest BCUT2D eigenvalue weighted by Crippen LogP contribution is 2.27. The van der Waals surface area contributed by atoms with Gasteiger partial charge in [-0.2, -0.15) is 0 Å². The van der Waals surface area contributed by atoms with Crippen molar-refractivity contribution in [2.24, 2.45) is 0 Å². The van der Waals surface area contributed by atoms with E-state index in [1.54, 1.807) is 18.2 Å². The minimum absolute atomic E-state index is 0.0530. The molecule has 0 radical (unpaired) electrons. The summed E-state index contributed by atoms with van der Waals surface area (Å²) in [7, 11) is 0. The van der Waals surface area contributed by atoms with Crippen LogP contribution in [0.5, 0.6) is 5.75 Å². The Hall–Kier alpha value is -2.88. The molecule has 0 unspecified atom stereocenters. The first kappa shape index (κ1) is 15.0. The first-order chi connectivity index (χ1) is 11.0. The molecule has 0 amide bonds. The molecule has 3 aromatic rings. The molecular weight excluding hydrogens is 292 g/mol. The predicted octanol–water partition coefficient (Wildman–Crippen LogP) is 3.74. The van der Waals surface area contributed by atoms with Crippen molar-refractivity contribution in [3.63, 3.8) is 0 Å². The highest BCUT2D eigenvalue weighted by molar-refractivity contribution is 5.86. The van der Waals surface area contributed by atoms with Crippen LogP contribution in [-0.2, 0) is 4.79 Å². The fraction of sp³-hybridized carbons (Fsp3) is 0.158. The van der Waals surface area contributed by atoms with Gasteiger partial charge in [0.05, 0.1) is 5.56 Å². The lowest BCUT2D eigenvalue weighted by Crippen LogP contribution is -2.08. The number of hydrogen-bond donors (Lipinski definition) is 0. The number of hydrogen-bond acceptors (Lipinski definition) is 4. The maximum atomic E-state index is 12.3. The van der Waals surface area contributed by atoms with Gasteiger partial charge in [-0.3, -0.25) is 4.79 Å². The minimum Gasteiger partial charge on any atom is -0.482 e. The van der Waals surface area contributed by atoms with Crippen LogP contribution in [-0.4, -0.2) is 12.4 Å². The molecule has 116 valence electrons. The number of ether oxygens (including phenoxy) is 1. The molecule has 4 heteroatoms. The Bertz CT molecular complexity index is 920. The van der Waals surface area contributed by atoms with E-state index in [-0.39, 0.29) is 12.4 Å². The Balaban J connectivity index is 2.10. The maximum absolute atomic E-state index is 12.3. The van der Waals surface area contributed by atoms with Crippen molar-refractivity contribution in [1.82, 2.24) is 0 Å². The fourth-order valence-corrected chi connectivity index (χ4v) is 2.35. The molecule has 1 aromatic heterocycles. The first-order valence-electron chi connectivity index (χ1n) is 7.31. The highest BCUT2D eigenvalue weighted by atomic mass is 16.5. The third-order valence-electron chi connectivity index (χ3n) is 3.52. The Kier molecular flexibility index (Phi) is 3.98. The Morgan fingerprint density at radius 1 is 1.13 bits per heavy atom. The van der Waals surface area contributed by atoms with Crippen LogP contribution < -0.4 is 10.4 Å². The van der Waals surface area contributed by atoms with E-state index in [1.165, 1.54) is 6.92 Å². The van der Waals surface area contributed by atoms with Crippen LogP contribution in [0, 0.1) is 6.92 Å². The largest absolute Gasteiger partial charge is 0.482 e. The smallest absolute Gasteiger partial charge is 0.344 e. The minimum atomic E-state index is -0.430. The molecule has 0 atom stereocenters. The third kappa shape index (κ3) is 3.16. The van der Waals surface area contributed by atoms with Gasteiger partial charge in [0.25, 0.3) is 0 Å². The molecule has 23 heavy (non-hydrogen) atoms. The van der Waals surface area contributed by atoms with E-state index >= 15 is 0 Å². The molecule has 0 saturated heterocycles. The van der Waals surface area contributed by atoms with Crippen LogP contribution >= 0.6 is 0 Å². The normalized spacial score (nSPS) is 10.7. The third-order valence-corrected chi connectivity index (χ3v) is 3.52. The number of rotatable bonds is 4. The number of ketones is 1. The van der Waals surface area contributed by atoms with Crippen LogP contribution in [0.4, 0.5) is 0 Å². The molecule has 0 bridgehead atoms. The number of carbonyl (C=O) groups is 1. The van der Waals surface area contributed by atoms with E-state index in [4.69, 9.17) is 9.15 Å². The lowest BCUT2D eigenvalue weighted by atomic mass is 10.0. The van der Waals surface area contributed by atoms with E-state index in [2.05, 4.69) is 0 Å². The highest BCUT2D eigenvalue weighted by Gasteiger charge is 2.11. The Labute approximate surface area is 133 Å². The topological polar surface area (TPSA) is 56.5 Å². The zero-order chi connectivity index (χ0) is 16.4. The Morgan fingerprint density at radius 2 is 1.87 bits per heavy atom. The molecule has 0 aliphatic heterocycles. The summed E-state index contributed by atoms with van der Waals surface area (Å²) >= 11 is 0. The van der Waals surface area contributed by atoms with E-state index in [0.717, 1.165) is 16.5 Å². The van der Waals surface area contributed by atoms with Gasteiger partial charge in [0.1, 0.15) is 6.61 Å². The molecule has 0 N–H and O–H groups in total. The van der Waals surface area contributed by atoms with Gasteiger partial charge in [-0.1, -0.05) is 42.0 Å². The average Bonchev–Trinajstić information content (AvgIpc) is 2.53. The maximum Gasteiger partial charge on any atom is 0.344 e. The quantitative estimate of drug-likeness (QED) is 0.689. The van der Waals surface area contributed by atoms with E-state index in [9.17, 15) is 9.59 Å². The lowest BCUT2D eigenvalue weighted by Gasteiger charge is -2.08. The SMILES string of the molecule is CC(=O)COc1cccc2cc(-c3ccc(C)cc3)c(=O)oc12. The molecule has 0 spiro atoms.